The Balaban J connectivity index is 1.58. The van der Waals surface area contributed by atoms with Gasteiger partial charge in [0.2, 0.25) is 5.91 Å². The van der Waals surface area contributed by atoms with E-state index in [4.69, 9.17) is 23.2 Å². The second kappa shape index (κ2) is 8.42. The Kier molecular flexibility index (Phi) is 6.22. The number of hydrogen-bond donors (Lipinski definition) is 0. The lowest BCUT2D eigenvalue weighted by molar-refractivity contribution is -0.131. The van der Waals surface area contributed by atoms with E-state index in [1.807, 2.05) is 12.1 Å². The van der Waals surface area contributed by atoms with E-state index in [2.05, 4.69) is 15.9 Å². The summed E-state index contributed by atoms with van der Waals surface area (Å²) >= 11 is 15.7. The van der Waals surface area contributed by atoms with E-state index in [0.717, 1.165) is 4.47 Å². The Hall–Kier alpha value is -1.56. The fourth-order valence-electron chi connectivity index (χ4n) is 2.90. The molecule has 1 aliphatic heterocycles. The summed E-state index contributed by atoms with van der Waals surface area (Å²) in [6.07, 6.45) is 0.166. The van der Waals surface area contributed by atoms with Crippen molar-refractivity contribution >= 4 is 50.9 Å². The average molecular weight is 456 g/mol. The third-order valence-corrected chi connectivity index (χ3v) is 5.64. The van der Waals surface area contributed by atoms with Gasteiger partial charge in [0.05, 0.1) is 6.42 Å². The zero-order valence-corrected chi connectivity index (χ0v) is 17.0. The van der Waals surface area contributed by atoms with Gasteiger partial charge in [0, 0.05) is 46.3 Å². The number of carbonyl (C=O) groups is 2. The fourth-order valence-corrected chi connectivity index (χ4v) is 3.69. The Labute approximate surface area is 170 Å². The molecule has 0 N–H and O–H groups in total. The number of carbonyl (C=O) groups excluding carboxylic acids is 2. The van der Waals surface area contributed by atoms with Crippen LogP contribution >= 0.6 is 39.1 Å². The second-order valence-corrected chi connectivity index (χ2v) is 7.79. The van der Waals surface area contributed by atoms with Crippen LogP contribution in [0.1, 0.15) is 15.9 Å². The highest BCUT2D eigenvalue weighted by atomic mass is 79.9. The molecule has 1 fully saturated rings. The molecule has 2 amide bonds. The van der Waals surface area contributed by atoms with Crippen molar-refractivity contribution in [3.05, 3.63) is 68.1 Å². The molecule has 3 rings (SSSR count). The molecule has 2 aromatic rings. The third-order valence-electron chi connectivity index (χ3n) is 4.40. The molecule has 0 aliphatic carbocycles. The molecule has 2 aromatic carbocycles. The first-order chi connectivity index (χ1) is 12.5. The summed E-state index contributed by atoms with van der Waals surface area (Å²) in [4.78, 5) is 28.6. The zero-order valence-electron chi connectivity index (χ0n) is 13.9. The summed E-state index contributed by atoms with van der Waals surface area (Å²) < 4.78 is 0.933. The van der Waals surface area contributed by atoms with Crippen molar-refractivity contribution in [2.24, 2.45) is 0 Å². The van der Waals surface area contributed by atoms with Crippen LogP contribution in [0.3, 0.4) is 0 Å². The van der Waals surface area contributed by atoms with Crippen LogP contribution in [0.5, 0.6) is 0 Å². The van der Waals surface area contributed by atoms with Crippen LogP contribution in [0.4, 0.5) is 0 Å². The predicted molar refractivity (Wildman–Crippen MR) is 107 cm³/mol. The number of hydrogen-bond acceptors (Lipinski definition) is 2. The van der Waals surface area contributed by atoms with E-state index in [0.29, 0.717) is 47.4 Å². The summed E-state index contributed by atoms with van der Waals surface area (Å²) in [5.41, 5.74) is 1.30. The van der Waals surface area contributed by atoms with E-state index < -0.39 is 0 Å². The van der Waals surface area contributed by atoms with Gasteiger partial charge in [0.15, 0.2) is 0 Å². The smallest absolute Gasteiger partial charge is 0.253 e. The minimum absolute atomic E-state index is 0.0150. The summed E-state index contributed by atoms with van der Waals surface area (Å²) in [5, 5.41) is 0.991. The molecule has 1 aliphatic rings. The fraction of sp³-hybridized carbons (Fsp3) is 0.263. The van der Waals surface area contributed by atoms with Crippen molar-refractivity contribution in [3.8, 4) is 0 Å². The first-order valence-electron chi connectivity index (χ1n) is 8.21. The summed E-state index contributed by atoms with van der Waals surface area (Å²) in [7, 11) is 0. The average Bonchev–Trinajstić information content (AvgIpc) is 2.65. The summed E-state index contributed by atoms with van der Waals surface area (Å²) in [5.74, 6) is -0.0468. The van der Waals surface area contributed by atoms with Gasteiger partial charge in [-0.2, -0.15) is 0 Å². The molecule has 4 nitrogen and oxygen atoms in total. The van der Waals surface area contributed by atoms with Crippen molar-refractivity contribution in [1.82, 2.24) is 9.80 Å². The minimum Gasteiger partial charge on any atom is -0.339 e. The molecular weight excluding hydrogens is 439 g/mol. The highest BCUT2D eigenvalue weighted by molar-refractivity contribution is 9.10. The number of rotatable bonds is 3. The first kappa shape index (κ1) is 19.2. The molecule has 0 saturated carbocycles. The van der Waals surface area contributed by atoms with Crippen LogP contribution in [0, 0.1) is 0 Å². The highest BCUT2D eigenvalue weighted by Gasteiger charge is 2.25. The summed E-state index contributed by atoms with van der Waals surface area (Å²) in [6, 6.07) is 12.5. The van der Waals surface area contributed by atoms with E-state index in [1.165, 1.54) is 0 Å². The van der Waals surface area contributed by atoms with Crippen molar-refractivity contribution in [2.75, 3.05) is 26.2 Å². The van der Waals surface area contributed by atoms with Gasteiger partial charge in [-0.1, -0.05) is 45.2 Å². The number of nitrogens with zero attached hydrogens (tertiary/aromatic N) is 2. The van der Waals surface area contributed by atoms with E-state index in [9.17, 15) is 9.59 Å². The van der Waals surface area contributed by atoms with Gasteiger partial charge in [0.1, 0.15) is 0 Å². The van der Waals surface area contributed by atoms with Gasteiger partial charge in [-0.05, 0) is 42.0 Å². The maximum atomic E-state index is 12.6. The van der Waals surface area contributed by atoms with Gasteiger partial charge in [-0.25, -0.2) is 0 Å². The number of halogens is 3. The zero-order chi connectivity index (χ0) is 18.7. The first-order valence-corrected chi connectivity index (χ1v) is 9.76. The molecule has 26 heavy (non-hydrogen) atoms. The van der Waals surface area contributed by atoms with Crippen LogP contribution in [0.2, 0.25) is 10.0 Å². The van der Waals surface area contributed by atoms with E-state index in [1.54, 1.807) is 40.1 Å². The quantitative estimate of drug-likeness (QED) is 0.692. The highest BCUT2D eigenvalue weighted by Crippen LogP contribution is 2.25. The standard InChI is InChI=1S/C19H17BrCl2N2O2/c20-14-6-4-13(5-7-14)19(26)24-10-8-23(9-11-24)18(25)12-15-16(21)2-1-3-17(15)22/h1-7H,8-12H2. The molecule has 0 bridgehead atoms. The molecular formula is C19H17BrCl2N2O2. The molecule has 7 heteroatoms. The van der Waals surface area contributed by atoms with Gasteiger partial charge in [0.25, 0.3) is 5.91 Å². The van der Waals surface area contributed by atoms with E-state index >= 15 is 0 Å². The Bertz CT molecular complexity index is 799. The van der Waals surface area contributed by atoms with Gasteiger partial charge < -0.3 is 9.80 Å². The Morgan fingerprint density at radius 1 is 0.885 bits per heavy atom. The van der Waals surface area contributed by atoms with Crippen molar-refractivity contribution < 1.29 is 9.59 Å². The maximum Gasteiger partial charge on any atom is 0.253 e. The molecule has 1 saturated heterocycles. The van der Waals surface area contributed by atoms with Crippen molar-refractivity contribution in [1.29, 1.82) is 0 Å². The molecule has 0 spiro atoms. The van der Waals surface area contributed by atoms with Crippen LogP contribution in [-0.2, 0) is 11.2 Å². The van der Waals surface area contributed by atoms with Crippen LogP contribution < -0.4 is 0 Å². The second-order valence-electron chi connectivity index (χ2n) is 6.06. The van der Waals surface area contributed by atoms with Gasteiger partial charge in [-0.15, -0.1) is 0 Å². The lowest BCUT2D eigenvalue weighted by Gasteiger charge is -2.35. The van der Waals surface area contributed by atoms with Crippen LogP contribution in [0.15, 0.2) is 46.9 Å². The molecule has 0 radical (unpaired) electrons. The van der Waals surface area contributed by atoms with Gasteiger partial charge in [-0.3, -0.25) is 9.59 Å². The van der Waals surface area contributed by atoms with Crippen LogP contribution in [-0.4, -0.2) is 47.8 Å². The molecule has 0 unspecified atom stereocenters. The largest absolute Gasteiger partial charge is 0.339 e. The SMILES string of the molecule is O=C(Cc1c(Cl)cccc1Cl)N1CCN(C(=O)c2ccc(Br)cc2)CC1. The lowest BCUT2D eigenvalue weighted by atomic mass is 10.1. The maximum absolute atomic E-state index is 12.6. The molecule has 1 heterocycles. The Morgan fingerprint density at radius 2 is 1.42 bits per heavy atom. The van der Waals surface area contributed by atoms with E-state index in [-0.39, 0.29) is 18.2 Å². The summed E-state index contributed by atoms with van der Waals surface area (Å²) in [6.45, 7) is 2.03. The van der Waals surface area contributed by atoms with Crippen molar-refractivity contribution in [2.45, 2.75) is 6.42 Å². The number of benzene rings is 2. The number of piperazine rings is 1. The molecule has 0 aromatic heterocycles. The predicted octanol–water partition coefficient (Wildman–Crippen LogP) is 4.28. The number of amides is 2. The van der Waals surface area contributed by atoms with Gasteiger partial charge >= 0.3 is 0 Å². The minimum atomic E-state index is -0.0317. The normalized spacial score (nSPS) is 14.4. The van der Waals surface area contributed by atoms with Crippen molar-refractivity contribution in [3.63, 3.8) is 0 Å². The van der Waals surface area contributed by atoms with Crippen LogP contribution in [0.25, 0.3) is 0 Å². The topological polar surface area (TPSA) is 40.6 Å². The third kappa shape index (κ3) is 4.40. The molecule has 0 atom stereocenters. The lowest BCUT2D eigenvalue weighted by Crippen LogP contribution is -2.51. The Morgan fingerprint density at radius 3 is 2.00 bits per heavy atom. The monoisotopic (exact) mass is 454 g/mol. The molecule has 136 valence electrons.